The van der Waals surface area contributed by atoms with Gasteiger partial charge in [0.05, 0.1) is 0 Å². The predicted octanol–water partition coefficient (Wildman–Crippen LogP) is 12.2. The van der Waals surface area contributed by atoms with Gasteiger partial charge in [0, 0.05) is 19.3 Å². The highest BCUT2D eigenvalue weighted by Crippen LogP contribution is 2.13. The van der Waals surface area contributed by atoms with E-state index in [0.717, 1.165) is 77.0 Å². The van der Waals surface area contributed by atoms with Gasteiger partial charge in [-0.05, 0) is 64.2 Å². The number of carbonyl (C=O) groups is 3. The fourth-order valence-corrected chi connectivity index (χ4v) is 5.36. The minimum absolute atomic E-state index is 0.0870. The van der Waals surface area contributed by atoms with Crippen LogP contribution in [0.15, 0.2) is 36.5 Å². The van der Waals surface area contributed by atoms with E-state index in [1.165, 1.54) is 70.6 Å². The van der Waals surface area contributed by atoms with Crippen LogP contribution in [0.1, 0.15) is 194 Å². The summed E-state index contributed by atoms with van der Waals surface area (Å²) in [6, 6.07) is 0. The van der Waals surface area contributed by atoms with Crippen LogP contribution in [-0.2, 0) is 28.6 Å². The molecule has 0 N–H and O–H groups in total. The monoisotopic (exact) mass is 675 g/mol. The van der Waals surface area contributed by atoms with Crippen LogP contribution in [0.2, 0.25) is 0 Å². The van der Waals surface area contributed by atoms with Gasteiger partial charge < -0.3 is 14.2 Å². The molecule has 0 saturated heterocycles. The molecule has 0 fully saturated rings. The van der Waals surface area contributed by atoms with E-state index in [9.17, 15) is 14.4 Å². The van der Waals surface area contributed by atoms with Gasteiger partial charge in [0.1, 0.15) is 13.2 Å². The molecule has 0 amide bonds. The molecule has 6 heteroatoms. The van der Waals surface area contributed by atoms with E-state index < -0.39 is 6.10 Å². The Kier molecular flexibility index (Phi) is 35.6. The first-order chi connectivity index (χ1) is 23.5. The predicted molar refractivity (Wildman–Crippen MR) is 201 cm³/mol. The summed E-state index contributed by atoms with van der Waals surface area (Å²) in [6.07, 6.45) is 40.0. The Bertz CT molecular complexity index is 830. The lowest BCUT2D eigenvalue weighted by Gasteiger charge is -2.18. The molecule has 0 saturated carbocycles. The summed E-state index contributed by atoms with van der Waals surface area (Å²) in [5, 5.41) is 0. The summed E-state index contributed by atoms with van der Waals surface area (Å²) >= 11 is 0. The van der Waals surface area contributed by atoms with Gasteiger partial charge in [-0.3, -0.25) is 14.4 Å². The molecule has 6 nitrogen and oxygen atoms in total. The average Bonchev–Trinajstić information content (AvgIpc) is 3.08. The Balaban J connectivity index is 4.41. The van der Waals surface area contributed by atoms with E-state index in [4.69, 9.17) is 14.2 Å². The van der Waals surface area contributed by atoms with Crippen molar-refractivity contribution in [2.45, 2.75) is 200 Å². The van der Waals surface area contributed by atoms with Crippen molar-refractivity contribution in [3.05, 3.63) is 36.5 Å². The molecular weight excluding hydrogens is 600 g/mol. The molecule has 0 aliphatic carbocycles. The highest BCUT2D eigenvalue weighted by molar-refractivity contribution is 5.71. The maximum absolute atomic E-state index is 12.6. The van der Waals surface area contributed by atoms with Crippen molar-refractivity contribution in [3.63, 3.8) is 0 Å². The van der Waals surface area contributed by atoms with E-state index in [0.29, 0.717) is 19.3 Å². The van der Waals surface area contributed by atoms with Crippen LogP contribution >= 0.6 is 0 Å². The Morgan fingerprint density at radius 2 is 0.833 bits per heavy atom. The molecule has 0 rings (SSSR count). The fraction of sp³-hybridized carbons (Fsp3) is 0.786. The van der Waals surface area contributed by atoms with E-state index in [2.05, 4.69) is 57.2 Å². The van der Waals surface area contributed by atoms with Crippen LogP contribution in [0.3, 0.4) is 0 Å². The number of rotatable bonds is 35. The van der Waals surface area contributed by atoms with Crippen LogP contribution in [0.4, 0.5) is 0 Å². The lowest BCUT2D eigenvalue weighted by atomic mass is 10.1. The molecule has 0 heterocycles. The Morgan fingerprint density at radius 1 is 0.438 bits per heavy atom. The number of esters is 3. The van der Waals surface area contributed by atoms with Crippen LogP contribution in [0.25, 0.3) is 0 Å². The number of allylic oxidation sites excluding steroid dienone is 6. The highest BCUT2D eigenvalue weighted by atomic mass is 16.6. The van der Waals surface area contributed by atoms with Crippen molar-refractivity contribution in [1.29, 1.82) is 0 Å². The molecule has 278 valence electrons. The zero-order valence-corrected chi connectivity index (χ0v) is 31.5. The molecule has 0 aliphatic rings. The molecule has 0 aromatic rings. The van der Waals surface area contributed by atoms with Gasteiger partial charge in [-0.15, -0.1) is 0 Å². The SMILES string of the molecule is CC/C=C\C/C=C\CCCCCCCC(=O)OCC(COC(=O)CCCCCCCCCCC)OC(=O)CCC/C=C\CCCCCC. The molecule has 0 aromatic carbocycles. The van der Waals surface area contributed by atoms with Crippen LogP contribution in [0.5, 0.6) is 0 Å². The van der Waals surface area contributed by atoms with Gasteiger partial charge in [-0.25, -0.2) is 0 Å². The molecule has 0 bridgehead atoms. The lowest BCUT2D eigenvalue weighted by molar-refractivity contribution is -0.167. The van der Waals surface area contributed by atoms with Gasteiger partial charge in [-0.1, -0.05) is 147 Å². The quantitative estimate of drug-likeness (QED) is 0.0288. The van der Waals surface area contributed by atoms with Gasteiger partial charge >= 0.3 is 17.9 Å². The lowest BCUT2D eigenvalue weighted by Crippen LogP contribution is -2.30. The van der Waals surface area contributed by atoms with Crippen molar-refractivity contribution in [1.82, 2.24) is 0 Å². The number of hydrogen-bond acceptors (Lipinski definition) is 6. The summed E-state index contributed by atoms with van der Waals surface area (Å²) in [5.41, 5.74) is 0. The van der Waals surface area contributed by atoms with Crippen molar-refractivity contribution < 1.29 is 28.6 Å². The number of unbranched alkanes of at least 4 members (excludes halogenated alkanes) is 18. The minimum atomic E-state index is -0.784. The van der Waals surface area contributed by atoms with E-state index in [-0.39, 0.29) is 37.5 Å². The zero-order chi connectivity index (χ0) is 35.2. The third kappa shape index (κ3) is 35.0. The number of ether oxygens (including phenoxy) is 3. The summed E-state index contributed by atoms with van der Waals surface area (Å²) in [5.74, 6) is -0.947. The van der Waals surface area contributed by atoms with Gasteiger partial charge in [-0.2, -0.15) is 0 Å². The van der Waals surface area contributed by atoms with Gasteiger partial charge in [0.25, 0.3) is 0 Å². The Labute approximate surface area is 295 Å². The summed E-state index contributed by atoms with van der Waals surface area (Å²) < 4.78 is 16.5. The van der Waals surface area contributed by atoms with Crippen molar-refractivity contribution in [2.24, 2.45) is 0 Å². The minimum Gasteiger partial charge on any atom is -0.462 e. The first-order valence-electron chi connectivity index (χ1n) is 20.0. The number of carbonyl (C=O) groups excluding carboxylic acids is 3. The first kappa shape index (κ1) is 45.6. The number of hydrogen-bond donors (Lipinski definition) is 0. The third-order valence-corrected chi connectivity index (χ3v) is 8.38. The van der Waals surface area contributed by atoms with Crippen molar-refractivity contribution >= 4 is 17.9 Å². The first-order valence-corrected chi connectivity index (χ1v) is 20.0. The van der Waals surface area contributed by atoms with Gasteiger partial charge in [0.2, 0.25) is 0 Å². The third-order valence-electron chi connectivity index (χ3n) is 8.38. The molecule has 48 heavy (non-hydrogen) atoms. The fourth-order valence-electron chi connectivity index (χ4n) is 5.36. The van der Waals surface area contributed by atoms with Crippen LogP contribution in [0, 0.1) is 0 Å². The summed E-state index contributed by atoms with van der Waals surface area (Å²) in [6.45, 7) is 6.41. The highest BCUT2D eigenvalue weighted by Gasteiger charge is 2.19. The molecular formula is C42H74O6. The van der Waals surface area contributed by atoms with E-state index in [1.807, 2.05) is 0 Å². The average molecular weight is 675 g/mol. The van der Waals surface area contributed by atoms with Gasteiger partial charge in [0.15, 0.2) is 6.10 Å². The van der Waals surface area contributed by atoms with E-state index >= 15 is 0 Å². The van der Waals surface area contributed by atoms with Crippen molar-refractivity contribution in [3.8, 4) is 0 Å². The van der Waals surface area contributed by atoms with Crippen LogP contribution < -0.4 is 0 Å². The zero-order valence-electron chi connectivity index (χ0n) is 31.5. The van der Waals surface area contributed by atoms with E-state index in [1.54, 1.807) is 0 Å². The normalized spacial score (nSPS) is 12.3. The molecule has 1 unspecified atom stereocenters. The molecule has 1 atom stereocenters. The maximum Gasteiger partial charge on any atom is 0.306 e. The van der Waals surface area contributed by atoms with Crippen LogP contribution in [-0.4, -0.2) is 37.2 Å². The largest absolute Gasteiger partial charge is 0.462 e. The Hall–Kier alpha value is -2.37. The summed E-state index contributed by atoms with van der Waals surface area (Å²) in [4.78, 5) is 37.4. The summed E-state index contributed by atoms with van der Waals surface area (Å²) in [7, 11) is 0. The standard InChI is InChI=1S/C42H74O6/c1-4-7-10-13-16-19-20-21-24-26-29-32-35-41(44)47-38-39(48-42(45)36-33-30-27-23-18-15-12-9-6-3)37-46-40(43)34-31-28-25-22-17-14-11-8-5-2/h7,10,16,19,23,27,39H,4-6,8-9,11-15,17-18,20-22,24-26,28-38H2,1-3H3/b10-7-,19-16-,27-23-. The Morgan fingerprint density at radius 3 is 1.35 bits per heavy atom. The second-order valence-corrected chi connectivity index (χ2v) is 13.2. The topological polar surface area (TPSA) is 78.9 Å². The smallest absolute Gasteiger partial charge is 0.306 e. The second-order valence-electron chi connectivity index (χ2n) is 13.2. The molecule has 0 aromatic heterocycles. The second kappa shape index (κ2) is 37.4. The maximum atomic E-state index is 12.6. The molecule has 0 spiro atoms. The van der Waals surface area contributed by atoms with Crippen molar-refractivity contribution in [2.75, 3.05) is 13.2 Å². The molecule has 0 radical (unpaired) electrons. The molecule has 0 aliphatic heterocycles.